The molecule has 40 heavy (non-hydrogen) atoms. The minimum absolute atomic E-state index is 0.202. The van der Waals surface area contributed by atoms with Crippen molar-refractivity contribution in [2.45, 2.75) is 17.5 Å². The van der Waals surface area contributed by atoms with Crippen LogP contribution in [0.15, 0.2) is 112 Å². The number of amides is 1. The fourth-order valence-corrected chi connectivity index (χ4v) is 7.23. The molecule has 1 N–H and O–H groups in total. The second-order valence-corrected chi connectivity index (χ2v) is 12.1. The van der Waals surface area contributed by atoms with Crippen LogP contribution in [0.5, 0.6) is 0 Å². The Labute approximate surface area is 248 Å². The molecule has 4 atom stereocenters. The van der Waals surface area contributed by atoms with Crippen LogP contribution in [0.2, 0.25) is 0 Å². The third-order valence-corrected chi connectivity index (χ3v) is 9.41. The van der Waals surface area contributed by atoms with Crippen molar-refractivity contribution < 1.29 is 14.4 Å². The number of nitrogens with one attached hydrogen (secondary N) is 1. The molecule has 3 aliphatic rings. The number of hydrogen-bond donors (Lipinski definition) is 1. The molecule has 7 heteroatoms. The molecule has 1 fully saturated rings. The SMILES string of the molecule is O=C(c1ccc(Br)cc1)[C@@H]1[C@H](C(=O)c2ccc(Br)cc2)N2c3ccccc3C=CC2[C@@]12C(=O)Nc1ccccc12. The topological polar surface area (TPSA) is 66.5 Å². The average Bonchev–Trinajstić information content (AvgIpc) is 3.45. The summed E-state index contributed by atoms with van der Waals surface area (Å²) in [7, 11) is 0. The number of hydrogen-bond acceptors (Lipinski definition) is 4. The zero-order valence-electron chi connectivity index (χ0n) is 21.1. The van der Waals surface area contributed by atoms with E-state index in [0.717, 1.165) is 25.8 Å². The number of carbonyl (C=O) groups excluding carboxylic acids is 3. The molecular weight excluding hydrogens is 632 g/mol. The van der Waals surface area contributed by atoms with Crippen LogP contribution in [0.4, 0.5) is 11.4 Å². The van der Waals surface area contributed by atoms with Crippen LogP contribution in [0, 0.1) is 5.92 Å². The van der Waals surface area contributed by atoms with Crippen LogP contribution in [0.1, 0.15) is 31.8 Å². The van der Waals surface area contributed by atoms with E-state index in [4.69, 9.17) is 0 Å². The quantitative estimate of drug-likeness (QED) is 0.239. The molecule has 4 aromatic rings. The van der Waals surface area contributed by atoms with Crippen molar-refractivity contribution in [2.24, 2.45) is 5.92 Å². The second-order valence-electron chi connectivity index (χ2n) is 10.3. The molecule has 1 unspecified atom stereocenters. The maximum Gasteiger partial charge on any atom is 0.238 e. The van der Waals surface area contributed by atoms with Crippen LogP contribution >= 0.6 is 31.9 Å². The summed E-state index contributed by atoms with van der Waals surface area (Å²) in [5, 5.41) is 3.06. The third-order valence-electron chi connectivity index (χ3n) is 8.35. The lowest BCUT2D eigenvalue weighted by molar-refractivity contribution is -0.121. The van der Waals surface area contributed by atoms with Crippen molar-refractivity contribution in [3.63, 3.8) is 0 Å². The van der Waals surface area contributed by atoms with Crippen LogP contribution in [-0.4, -0.2) is 29.6 Å². The molecule has 0 aromatic heterocycles. The number of ketones is 2. The number of benzene rings is 4. The van der Waals surface area contributed by atoms with Gasteiger partial charge in [0.2, 0.25) is 5.91 Å². The van der Waals surface area contributed by atoms with E-state index in [1.807, 2.05) is 89.8 Å². The molecule has 0 bridgehead atoms. The molecule has 196 valence electrons. The smallest absolute Gasteiger partial charge is 0.238 e. The first-order valence-corrected chi connectivity index (χ1v) is 14.6. The van der Waals surface area contributed by atoms with E-state index in [9.17, 15) is 14.4 Å². The van der Waals surface area contributed by atoms with Gasteiger partial charge >= 0.3 is 0 Å². The van der Waals surface area contributed by atoms with Gasteiger partial charge in [-0.2, -0.15) is 0 Å². The zero-order chi connectivity index (χ0) is 27.6. The van der Waals surface area contributed by atoms with Gasteiger partial charge in [-0.15, -0.1) is 0 Å². The second kappa shape index (κ2) is 9.39. The van der Waals surface area contributed by atoms with Gasteiger partial charge in [0.25, 0.3) is 0 Å². The predicted molar refractivity (Wildman–Crippen MR) is 163 cm³/mol. The Bertz CT molecular complexity index is 1730. The van der Waals surface area contributed by atoms with E-state index >= 15 is 0 Å². The Hall–Kier alpha value is -3.81. The summed E-state index contributed by atoms with van der Waals surface area (Å²) in [6, 6.07) is 28.2. The van der Waals surface area contributed by atoms with Gasteiger partial charge in [0.15, 0.2) is 11.6 Å². The molecule has 3 heterocycles. The molecule has 1 spiro atoms. The van der Waals surface area contributed by atoms with Gasteiger partial charge in [-0.1, -0.05) is 105 Å². The molecule has 7 rings (SSSR count). The standard InChI is InChI=1S/C33H22Br2N2O3/c34-22-14-9-20(10-15-22)30(38)28-29(31(39)21-11-16-23(35)17-12-21)37-26-8-4-1-5-19(26)13-18-27(37)33(28)24-6-2-3-7-25(24)36-32(33)40/h1-18,27-29H,(H,36,40)/t27?,28-,29+,33+/m0/s1. The van der Waals surface area contributed by atoms with Gasteiger partial charge in [-0.3, -0.25) is 14.4 Å². The molecule has 1 amide bonds. The summed E-state index contributed by atoms with van der Waals surface area (Å²) in [6.45, 7) is 0. The van der Waals surface area contributed by atoms with Crippen LogP contribution < -0.4 is 10.2 Å². The minimum Gasteiger partial charge on any atom is -0.352 e. The van der Waals surface area contributed by atoms with Gasteiger partial charge in [0.1, 0.15) is 11.5 Å². The number of Topliss-reactive ketones (excluding diaryl/α,β-unsaturated/α-hetero) is 2. The normalized spacial score (nSPS) is 23.9. The van der Waals surface area contributed by atoms with Crippen LogP contribution in [0.25, 0.3) is 6.08 Å². The van der Waals surface area contributed by atoms with Gasteiger partial charge < -0.3 is 10.2 Å². The predicted octanol–water partition coefficient (Wildman–Crippen LogP) is 7.07. The van der Waals surface area contributed by atoms with Gasteiger partial charge in [-0.05, 0) is 47.5 Å². The van der Waals surface area contributed by atoms with Crippen LogP contribution in [-0.2, 0) is 10.2 Å². The third kappa shape index (κ3) is 3.54. The summed E-state index contributed by atoms with van der Waals surface area (Å²) in [4.78, 5) is 45.7. The highest BCUT2D eigenvalue weighted by atomic mass is 79.9. The summed E-state index contributed by atoms with van der Waals surface area (Å²) < 4.78 is 1.69. The van der Waals surface area contributed by atoms with Crippen molar-refractivity contribution in [1.82, 2.24) is 0 Å². The maximum absolute atomic E-state index is 14.7. The lowest BCUT2D eigenvalue weighted by atomic mass is 9.64. The van der Waals surface area contributed by atoms with E-state index in [1.165, 1.54) is 0 Å². The van der Waals surface area contributed by atoms with E-state index in [2.05, 4.69) is 37.2 Å². The molecule has 4 aromatic carbocycles. The van der Waals surface area contributed by atoms with Crippen molar-refractivity contribution in [2.75, 3.05) is 10.2 Å². The average molecular weight is 654 g/mol. The summed E-state index contributed by atoms with van der Waals surface area (Å²) in [5.74, 6) is -1.70. The first-order chi connectivity index (χ1) is 19.4. The fraction of sp³-hybridized carbons (Fsp3) is 0.121. The molecule has 1 saturated heterocycles. The largest absolute Gasteiger partial charge is 0.352 e. The van der Waals surface area contributed by atoms with Crippen molar-refractivity contribution in [1.29, 1.82) is 0 Å². The fourth-order valence-electron chi connectivity index (χ4n) is 6.70. The molecule has 0 radical (unpaired) electrons. The van der Waals surface area contributed by atoms with Gasteiger partial charge in [-0.25, -0.2) is 0 Å². The summed E-state index contributed by atoms with van der Waals surface area (Å²) in [6.07, 6.45) is 3.99. The number of para-hydroxylation sites is 2. The van der Waals surface area contributed by atoms with E-state index in [1.54, 1.807) is 24.3 Å². The first kappa shape index (κ1) is 25.2. The summed E-state index contributed by atoms with van der Waals surface area (Å²) >= 11 is 6.92. The van der Waals surface area contributed by atoms with E-state index < -0.39 is 23.4 Å². The molecule has 5 nitrogen and oxygen atoms in total. The first-order valence-electron chi connectivity index (χ1n) is 13.0. The Morgan fingerprint density at radius 3 is 2.05 bits per heavy atom. The zero-order valence-corrected chi connectivity index (χ0v) is 24.2. The highest BCUT2D eigenvalue weighted by molar-refractivity contribution is 9.10. The van der Waals surface area contributed by atoms with E-state index in [0.29, 0.717) is 16.8 Å². The number of rotatable bonds is 4. The number of anilines is 2. The maximum atomic E-state index is 14.7. The molecular formula is C33H22Br2N2O3. The highest BCUT2D eigenvalue weighted by Crippen LogP contribution is 2.58. The van der Waals surface area contributed by atoms with Crippen molar-refractivity contribution in [3.8, 4) is 0 Å². The number of fused-ring (bicyclic) bond motifs is 6. The highest BCUT2D eigenvalue weighted by Gasteiger charge is 2.70. The minimum atomic E-state index is -1.32. The Morgan fingerprint density at radius 2 is 1.35 bits per heavy atom. The van der Waals surface area contributed by atoms with Crippen molar-refractivity contribution in [3.05, 3.63) is 134 Å². The Morgan fingerprint density at radius 1 is 0.750 bits per heavy atom. The summed E-state index contributed by atoms with van der Waals surface area (Å²) in [5.41, 5.74) is 2.79. The van der Waals surface area contributed by atoms with E-state index in [-0.39, 0.29) is 17.5 Å². The van der Waals surface area contributed by atoms with Gasteiger partial charge in [0, 0.05) is 31.4 Å². The van der Waals surface area contributed by atoms with Gasteiger partial charge in [0.05, 0.1) is 12.0 Å². The number of nitrogens with zero attached hydrogens (tertiary/aromatic N) is 1. The monoisotopic (exact) mass is 652 g/mol. The molecule has 3 aliphatic heterocycles. The van der Waals surface area contributed by atoms with Crippen molar-refractivity contribution >= 4 is 66.8 Å². The number of halogens is 2. The molecule has 0 aliphatic carbocycles. The number of carbonyl (C=O) groups is 3. The lowest BCUT2D eigenvalue weighted by Gasteiger charge is -2.37. The lowest BCUT2D eigenvalue weighted by Crippen LogP contribution is -2.51. The van der Waals surface area contributed by atoms with Crippen LogP contribution in [0.3, 0.4) is 0 Å². The Balaban J connectivity index is 1.53. The Kier molecular flexibility index (Phi) is 5.91. The molecule has 0 saturated carbocycles.